The van der Waals surface area contributed by atoms with Gasteiger partial charge in [0.2, 0.25) is 0 Å². The van der Waals surface area contributed by atoms with Crippen molar-refractivity contribution in [1.29, 1.82) is 0 Å². The van der Waals surface area contributed by atoms with Crippen molar-refractivity contribution < 1.29 is 42.7 Å². The molecule has 0 rings (SSSR count). The van der Waals surface area contributed by atoms with Crippen molar-refractivity contribution in [3.8, 4) is 0 Å². The van der Waals surface area contributed by atoms with Crippen molar-refractivity contribution in [3.05, 3.63) is 109 Å². The van der Waals surface area contributed by atoms with Crippen molar-refractivity contribution in [2.45, 2.75) is 142 Å². The molecular weight excluding hydrogens is 741 g/mol. The zero-order chi connectivity index (χ0) is 41.9. The molecule has 11 heteroatoms. The van der Waals surface area contributed by atoms with Gasteiger partial charge in [-0.3, -0.25) is 18.6 Å². The van der Waals surface area contributed by atoms with E-state index in [1.807, 2.05) is 0 Å². The Balaban J connectivity index is 4.43. The molecule has 3 unspecified atom stereocenters. The van der Waals surface area contributed by atoms with E-state index in [1.165, 1.54) is 0 Å². The summed E-state index contributed by atoms with van der Waals surface area (Å²) in [6.07, 6.45) is 54.4. The Bertz CT molecular complexity index is 1310. The fourth-order valence-electron chi connectivity index (χ4n) is 4.87. The number of esters is 1. The summed E-state index contributed by atoms with van der Waals surface area (Å²) in [6.45, 7) is 3.44. The summed E-state index contributed by atoms with van der Waals surface area (Å²) >= 11 is 0. The topological polar surface area (TPSA) is 155 Å². The molecule has 0 aromatic carbocycles. The number of aliphatic carboxylic acids is 1. The van der Waals surface area contributed by atoms with E-state index in [9.17, 15) is 19.0 Å². The zero-order valence-electron chi connectivity index (χ0n) is 34.9. The first kappa shape index (κ1) is 53.6. The van der Waals surface area contributed by atoms with Crippen molar-refractivity contribution in [1.82, 2.24) is 0 Å². The van der Waals surface area contributed by atoms with Gasteiger partial charge in [0.25, 0.3) is 0 Å². The monoisotopic (exact) mass is 816 g/mol. The third-order valence-corrected chi connectivity index (χ3v) is 9.00. The molecule has 3 atom stereocenters. The minimum atomic E-state index is -4.64. The molecule has 0 aromatic heterocycles. The summed E-state index contributed by atoms with van der Waals surface area (Å²) in [4.78, 5) is 33.5. The molecule has 4 N–H and O–H groups in total. The molecule has 0 fully saturated rings. The summed E-state index contributed by atoms with van der Waals surface area (Å²) in [5.41, 5.74) is 5.34. The predicted molar refractivity (Wildman–Crippen MR) is 235 cm³/mol. The van der Waals surface area contributed by atoms with Gasteiger partial charge in [0.1, 0.15) is 12.1 Å². The quantitative estimate of drug-likeness (QED) is 0.0237. The maximum Gasteiger partial charge on any atom is 0.472 e. The lowest BCUT2D eigenvalue weighted by atomic mass is 10.1. The Kier molecular flexibility index (Phi) is 38.4. The predicted octanol–water partition coefficient (Wildman–Crippen LogP) is 11.5. The summed E-state index contributed by atoms with van der Waals surface area (Å²) in [5, 5.41) is 8.89. The van der Waals surface area contributed by atoms with Crippen molar-refractivity contribution in [2.24, 2.45) is 5.73 Å². The molecule has 0 saturated heterocycles. The Morgan fingerprint density at radius 1 is 0.561 bits per heavy atom. The normalized spacial score (nSPS) is 15.0. The van der Waals surface area contributed by atoms with Crippen LogP contribution in [0.4, 0.5) is 0 Å². The Hall–Kier alpha value is -3.37. The molecule has 0 aliphatic rings. The Morgan fingerprint density at radius 2 is 0.965 bits per heavy atom. The SMILES string of the molecule is CC/C=C\C/C=C\C/C=C\C/C=C\C/C=C\C/C=C\CCCOCC(COP(=O)(O)OCC(N)C(=O)O)OC(=O)CCCCCCC/C=C\C/C=C\C/C=C\CC. The first-order valence-corrected chi connectivity index (χ1v) is 22.4. The number of carbonyl (C=O) groups is 2. The highest BCUT2D eigenvalue weighted by Crippen LogP contribution is 2.43. The molecule has 0 spiro atoms. The van der Waals surface area contributed by atoms with Crippen LogP contribution in [0.3, 0.4) is 0 Å². The number of hydrogen-bond donors (Lipinski definition) is 3. The van der Waals surface area contributed by atoms with Gasteiger partial charge in [-0.1, -0.05) is 142 Å². The van der Waals surface area contributed by atoms with Crippen LogP contribution in [0.15, 0.2) is 109 Å². The van der Waals surface area contributed by atoms with Gasteiger partial charge in [0.15, 0.2) is 0 Å². The number of allylic oxidation sites excluding steroid dienone is 18. The fraction of sp³-hybridized carbons (Fsp3) is 0.565. The number of hydrogen-bond acceptors (Lipinski definition) is 8. The first-order valence-electron chi connectivity index (χ1n) is 20.9. The number of unbranched alkanes of at least 4 members (excludes halogenated alkanes) is 6. The van der Waals surface area contributed by atoms with E-state index in [2.05, 4.69) is 123 Å². The molecule has 0 bridgehead atoms. The van der Waals surface area contributed by atoms with Crippen LogP contribution in [0.1, 0.15) is 129 Å². The maximum atomic E-state index is 12.6. The number of phosphoric ester groups is 1. The minimum absolute atomic E-state index is 0.0383. The van der Waals surface area contributed by atoms with Gasteiger partial charge in [0, 0.05) is 13.0 Å². The van der Waals surface area contributed by atoms with E-state index >= 15 is 0 Å². The van der Waals surface area contributed by atoms with E-state index in [0.717, 1.165) is 103 Å². The van der Waals surface area contributed by atoms with Crippen LogP contribution >= 0.6 is 7.82 Å². The molecule has 0 aliphatic carbocycles. The Labute approximate surface area is 344 Å². The molecule has 0 radical (unpaired) electrons. The lowest BCUT2D eigenvalue weighted by Gasteiger charge is -2.20. The minimum Gasteiger partial charge on any atom is -0.480 e. The average Bonchev–Trinajstić information content (AvgIpc) is 3.19. The number of ether oxygens (including phenoxy) is 2. The highest BCUT2D eigenvalue weighted by molar-refractivity contribution is 7.47. The molecule has 10 nitrogen and oxygen atoms in total. The second-order valence-corrected chi connectivity index (χ2v) is 14.8. The van der Waals surface area contributed by atoms with E-state index < -0.39 is 45.1 Å². The van der Waals surface area contributed by atoms with Crippen LogP contribution in [0.2, 0.25) is 0 Å². The number of carbonyl (C=O) groups excluding carboxylic acids is 1. The second kappa shape index (κ2) is 40.8. The van der Waals surface area contributed by atoms with E-state index in [4.69, 9.17) is 29.4 Å². The zero-order valence-corrected chi connectivity index (χ0v) is 35.8. The smallest absolute Gasteiger partial charge is 0.472 e. The molecule has 0 aromatic rings. The maximum absolute atomic E-state index is 12.6. The van der Waals surface area contributed by atoms with Gasteiger partial charge in [-0.15, -0.1) is 0 Å². The lowest BCUT2D eigenvalue weighted by Crippen LogP contribution is -2.34. The second-order valence-electron chi connectivity index (χ2n) is 13.3. The van der Waals surface area contributed by atoms with Gasteiger partial charge in [-0.25, -0.2) is 4.57 Å². The molecule has 0 amide bonds. The van der Waals surface area contributed by atoms with Crippen molar-refractivity contribution >= 4 is 19.8 Å². The summed E-state index contributed by atoms with van der Waals surface area (Å²) in [7, 11) is -4.64. The van der Waals surface area contributed by atoms with Crippen LogP contribution in [-0.4, -0.2) is 60.5 Å². The number of nitrogens with two attached hydrogens (primary N) is 1. The summed E-state index contributed by atoms with van der Waals surface area (Å²) in [6, 6.07) is -1.49. The van der Waals surface area contributed by atoms with Crippen LogP contribution in [0.5, 0.6) is 0 Å². The average molecular weight is 816 g/mol. The third kappa shape index (κ3) is 40.6. The Morgan fingerprint density at radius 3 is 1.44 bits per heavy atom. The van der Waals surface area contributed by atoms with E-state index in [-0.39, 0.29) is 13.0 Å². The first-order chi connectivity index (χ1) is 27.7. The van der Waals surface area contributed by atoms with Crippen LogP contribution in [0, 0.1) is 0 Å². The largest absolute Gasteiger partial charge is 0.480 e. The van der Waals surface area contributed by atoms with Crippen molar-refractivity contribution in [3.63, 3.8) is 0 Å². The van der Waals surface area contributed by atoms with Gasteiger partial charge in [-0.2, -0.15) is 0 Å². The van der Waals surface area contributed by atoms with Crippen LogP contribution in [0.25, 0.3) is 0 Å². The lowest BCUT2D eigenvalue weighted by molar-refractivity contribution is -0.154. The molecule has 0 saturated carbocycles. The van der Waals surface area contributed by atoms with E-state index in [1.54, 1.807) is 0 Å². The third-order valence-electron chi connectivity index (χ3n) is 8.05. The number of phosphoric acid groups is 1. The molecule has 322 valence electrons. The van der Waals surface area contributed by atoms with Gasteiger partial charge in [-0.05, 0) is 89.9 Å². The number of carboxylic acid groups (broad SMARTS) is 1. The molecular formula is C46H74NO9P. The molecule has 0 heterocycles. The summed E-state index contributed by atoms with van der Waals surface area (Å²) < 4.78 is 33.2. The molecule has 0 aliphatic heterocycles. The van der Waals surface area contributed by atoms with E-state index in [0.29, 0.717) is 13.0 Å². The van der Waals surface area contributed by atoms with Gasteiger partial charge in [0.05, 0.1) is 19.8 Å². The highest BCUT2D eigenvalue weighted by Gasteiger charge is 2.27. The van der Waals surface area contributed by atoms with Gasteiger partial charge < -0.3 is 25.2 Å². The number of carboxylic acids is 1. The van der Waals surface area contributed by atoms with Crippen LogP contribution < -0.4 is 5.73 Å². The van der Waals surface area contributed by atoms with Crippen LogP contribution in [-0.2, 0) is 32.7 Å². The van der Waals surface area contributed by atoms with Gasteiger partial charge >= 0.3 is 19.8 Å². The summed E-state index contributed by atoms with van der Waals surface area (Å²) in [5.74, 6) is -1.83. The van der Waals surface area contributed by atoms with Crippen molar-refractivity contribution in [2.75, 3.05) is 26.4 Å². The highest BCUT2D eigenvalue weighted by atomic mass is 31.2. The molecule has 57 heavy (non-hydrogen) atoms. The standard InChI is InChI=1S/C46H74NO9P/c1-3-5-7-9-11-13-15-17-19-20-21-22-23-25-27-29-31-33-35-37-39-53-40-43(41-54-57(51,52)55-42-44(47)46(49)50)56-45(48)38-36-34-32-30-28-26-24-18-16-14-12-10-8-6-4-2/h5-8,11-14,17-19,21-22,24-25,27,31,33,43-44H,3-4,9-10,15-16,20,23,26,28-30,32,34-42,47H2,1-2H3,(H,49,50)(H,51,52)/b7-5-,8-6-,13-11-,14-12-,19-17-,22-21-,24-18-,27-25-,33-31-. The number of rotatable bonds is 38. The fourth-order valence-corrected chi connectivity index (χ4v) is 5.65.